The Morgan fingerprint density at radius 2 is 1.70 bits per heavy atom. The van der Waals surface area contributed by atoms with Gasteiger partial charge in [0.1, 0.15) is 0 Å². The summed E-state index contributed by atoms with van der Waals surface area (Å²) in [6.07, 6.45) is 0.697. The van der Waals surface area contributed by atoms with Crippen LogP contribution in [0.4, 0.5) is 0 Å². The van der Waals surface area contributed by atoms with E-state index in [1.54, 1.807) is 13.8 Å². The molecule has 0 aromatic carbocycles. The lowest BCUT2D eigenvalue weighted by molar-refractivity contribution is -0.148. The molecule has 2 rings (SSSR count). The fraction of sp³-hybridized carbons (Fsp3) is 0.692. The number of piperidine rings is 1. The predicted molar refractivity (Wildman–Crippen MR) is 69.3 cm³/mol. The Morgan fingerprint density at radius 1 is 1.05 bits per heavy atom. The normalized spacial score (nSPS) is 28.0. The van der Waals surface area contributed by atoms with E-state index in [9.17, 15) is 19.2 Å². The number of hydrogen-bond acceptors (Lipinski definition) is 5. The van der Waals surface area contributed by atoms with Crippen LogP contribution in [-0.4, -0.2) is 58.6 Å². The van der Waals surface area contributed by atoms with Crippen molar-refractivity contribution in [1.29, 1.82) is 0 Å². The Kier molecular flexibility index (Phi) is 3.89. The monoisotopic (exact) mass is 281 g/mol. The first kappa shape index (κ1) is 14.6. The van der Waals surface area contributed by atoms with E-state index >= 15 is 0 Å². The van der Waals surface area contributed by atoms with Crippen LogP contribution >= 0.6 is 0 Å². The number of nitrogens with zero attached hydrogens (tertiary/aromatic N) is 2. The quantitative estimate of drug-likeness (QED) is 0.688. The van der Waals surface area contributed by atoms with Crippen molar-refractivity contribution in [2.45, 2.75) is 51.2 Å². The fourth-order valence-corrected chi connectivity index (χ4v) is 2.64. The van der Waals surface area contributed by atoms with Gasteiger partial charge in [0.15, 0.2) is 0 Å². The molecule has 7 nitrogen and oxygen atoms in total. The molecular weight excluding hydrogens is 262 g/mol. The maximum atomic E-state index is 12.1. The number of amides is 4. The molecular formula is C13H19N3O4. The molecule has 110 valence electrons. The van der Waals surface area contributed by atoms with Crippen LogP contribution in [0.5, 0.6) is 0 Å². The van der Waals surface area contributed by atoms with Crippen molar-refractivity contribution in [3.05, 3.63) is 0 Å². The molecule has 2 saturated heterocycles. The number of imide groups is 2. The second-order valence-corrected chi connectivity index (χ2v) is 5.50. The summed E-state index contributed by atoms with van der Waals surface area (Å²) >= 11 is 0. The maximum Gasteiger partial charge on any atom is 0.247 e. The molecule has 0 radical (unpaired) electrons. The Balaban J connectivity index is 2.05. The summed E-state index contributed by atoms with van der Waals surface area (Å²) in [6.45, 7) is 3.55. The number of rotatable bonds is 3. The molecule has 4 amide bonds. The van der Waals surface area contributed by atoms with Gasteiger partial charge in [0.25, 0.3) is 0 Å². The van der Waals surface area contributed by atoms with Gasteiger partial charge in [-0.15, -0.1) is 0 Å². The summed E-state index contributed by atoms with van der Waals surface area (Å²) in [7, 11) is 1.43. The third kappa shape index (κ3) is 2.45. The van der Waals surface area contributed by atoms with Crippen molar-refractivity contribution in [2.24, 2.45) is 0 Å². The topological polar surface area (TPSA) is 86.8 Å². The zero-order valence-corrected chi connectivity index (χ0v) is 11.9. The highest BCUT2D eigenvalue weighted by atomic mass is 16.2. The van der Waals surface area contributed by atoms with Crippen molar-refractivity contribution in [1.82, 2.24) is 15.1 Å². The second kappa shape index (κ2) is 5.32. The molecule has 2 unspecified atom stereocenters. The van der Waals surface area contributed by atoms with E-state index in [2.05, 4.69) is 5.32 Å². The van der Waals surface area contributed by atoms with Gasteiger partial charge in [-0.25, -0.2) is 0 Å². The summed E-state index contributed by atoms with van der Waals surface area (Å²) in [6, 6.07) is -1.43. The van der Waals surface area contributed by atoms with Crippen LogP contribution in [0.2, 0.25) is 0 Å². The molecule has 20 heavy (non-hydrogen) atoms. The molecule has 2 atom stereocenters. The molecule has 0 aliphatic carbocycles. The van der Waals surface area contributed by atoms with Gasteiger partial charge in [0.2, 0.25) is 23.6 Å². The Bertz CT molecular complexity index is 474. The minimum absolute atomic E-state index is 0.0679. The first-order valence-electron chi connectivity index (χ1n) is 6.75. The molecule has 2 aliphatic rings. The molecule has 0 aromatic heterocycles. The van der Waals surface area contributed by atoms with Gasteiger partial charge in [-0.1, -0.05) is 0 Å². The third-order valence-corrected chi connectivity index (χ3v) is 3.75. The first-order chi connectivity index (χ1) is 9.32. The lowest BCUT2D eigenvalue weighted by Crippen LogP contribution is -2.55. The van der Waals surface area contributed by atoms with Gasteiger partial charge in [0, 0.05) is 19.5 Å². The number of hydrogen-bond donors (Lipinski definition) is 1. The van der Waals surface area contributed by atoms with Crippen LogP contribution < -0.4 is 5.32 Å². The van der Waals surface area contributed by atoms with Crippen molar-refractivity contribution in [3.8, 4) is 0 Å². The van der Waals surface area contributed by atoms with Gasteiger partial charge in [-0.2, -0.15) is 0 Å². The molecule has 2 heterocycles. The maximum absolute atomic E-state index is 12.1. The lowest BCUT2D eigenvalue weighted by atomic mass is 10.0. The van der Waals surface area contributed by atoms with Crippen molar-refractivity contribution < 1.29 is 19.2 Å². The van der Waals surface area contributed by atoms with E-state index in [4.69, 9.17) is 0 Å². The Hall–Kier alpha value is -1.76. The summed E-state index contributed by atoms with van der Waals surface area (Å²) < 4.78 is 0. The highest BCUT2D eigenvalue weighted by molar-refractivity contribution is 6.06. The minimum atomic E-state index is -0.666. The number of carbonyl (C=O) groups is 4. The van der Waals surface area contributed by atoms with Crippen LogP contribution in [0.1, 0.15) is 33.1 Å². The van der Waals surface area contributed by atoms with Crippen LogP contribution in [0.15, 0.2) is 0 Å². The van der Waals surface area contributed by atoms with E-state index in [-0.39, 0.29) is 42.5 Å². The predicted octanol–water partition coefficient (Wildman–Crippen LogP) is -0.741. The highest BCUT2D eigenvalue weighted by Gasteiger charge is 2.42. The summed E-state index contributed by atoms with van der Waals surface area (Å²) in [5, 5.41) is 2.93. The fourth-order valence-electron chi connectivity index (χ4n) is 2.64. The van der Waals surface area contributed by atoms with E-state index in [1.165, 1.54) is 11.9 Å². The zero-order chi connectivity index (χ0) is 15.0. The smallest absolute Gasteiger partial charge is 0.247 e. The summed E-state index contributed by atoms with van der Waals surface area (Å²) in [5.41, 5.74) is 0. The standard InChI is InChI=1S/C13H19N3O4/c1-7(2)16-11(18)6-9(13(16)20)14-8-4-5-10(17)15(3)12(8)19/h7-9,14H,4-6H2,1-3H3. The molecule has 7 heteroatoms. The average molecular weight is 281 g/mol. The van der Waals surface area contributed by atoms with Gasteiger partial charge in [0.05, 0.1) is 18.5 Å². The second-order valence-electron chi connectivity index (χ2n) is 5.50. The molecule has 0 saturated carbocycles. The minimum Gasteiger partial charge on any atom is -0.294 e. The molecule has 2 fully saturated rings. The van der Waals surface area contributed by atoms with Gasteiger partial charge < -0.3 is 0 Å². The molecule has 2 aliphatic heterocycles. The van der Waals surface area contributed by atoms with Crippen molar-refractivity contribution >= 4 is 23.6 Å². The third-order valence-electron chi connectivity index (χ3n) is 3.75. The number of likely N-dealkylation sites (tertiary alicyclic amines) is 2. The van der Waals surface area contributed by atoms with Crippen LogP contribution in [0, 0.1) is 0 Å². The SMILES string of the molecule is CC(C)N1C(=O)CC(NC2CCC(=O)N(C)C2=O)C1=O. The first-order valence-corrected chi connectivity index (χ1v) is 6.75. The van der Waals surface area contributed by atoms with Crippen LogP contribution in [0.3, 0.4) is 0 Å². The van der Waals surface area contributed by atoms with E-state index in [1.807, 2.05) is 0 Å². The van der Waals surface area contributed by atoms with Crippen LogP contribution in [-0.2, 0) is 19.2 Å². The number of carbonyl (C=O) groups excluding carboxylic acids is 4. The van der Waals surface area contributed by atoms with Crippen LogP contribution in [0.25, 0.3) is 0 Å². The Morgan fingerprint density at radius 3 is 2.25 bits per heavy atom. The van der Waals surface area contributed by atoms with E-state index < -0.39 is 12.1 Å². The summed E-state index contributed by atoms with van der Waals surface area (Å²) in [5.74, 6) is -1.08. The van der Waals surface area contributed by atoms with E-state index in [0.717, 1.165) is 4.90 Å². The number of likely N-dealkylation sites (N-methyl/N-ethyl adjacent to an activating group) is 1. The average Bonchev–Trinajstić information content (AvgIpc) is 2.65. The molecule has 1 N–H and O–H groups in total. The van der Waals surface area contributed by atoms with Crippen molar-refractivity contribution in [3.63, 3.8) is 0 Å². The largest absolute Gasteiger partial charge is 0.294 e. The van der Waals surface area contributed by atoms with E-state index in [0.29, 0.717) is 6.42 Å². The van der Waals surface area contributed by atoms with Crippen molar-refractivity contribution in [2.75, 3.05) is 7.05 Å². The molecule has 0 aromatic rings. The van der Waals surface area contributed by atoms with Gasteiger partial charge in [-0.3, -0.25) is 34.3 Å². The molecule has 0 bridgehead atoms. The lowest BCUT2D eigenvalue weighted by Gasteiger charge is -2.29. The summed E-state index contributed by atoms with van der Waals surface area (Å²) in [4.78, 5) is 49.6. The Labute approximate surface area is 117 Å². The van der Waals surface area contributed by atoms with Gasteiger partial charge >= 0.3 is 0 Å². The number of nitrogens with one attached hydrogen (secondary N) is 1. The molecule has 0 spiro atoms. The zero-order valence-electron chi connectivity index (χ0n) is 11.9. The van der Waals surface area contributed by atoms with Gasteiger partial charge in [-0.05, 0) is 20.3 Å². The highest BCUT2D eigenvalue weighted by Crippen LogP contribution is 2.19.